The maximum Gasteiger partial charge on any atom is 0.367 e. The van der Waals surface area contributed by atoms with Crippen molar-refractivity contribution >= 4 is 10.8 Å². The van der Waals surface area contributed by atoms with Gasteiger partial charge in [0, 0.05) is 40.2 Å². The lowest BCUT2D eigenvalue weighted by molar-refractivity contribution is 0.856. The number of rotatable bonds is 6. The first-order valence-corrected chi connectivity index (χ1v) is 18.6. The van der Waals surface area contributed by atoms with Crippen molar-refractivity contribution in [1.29, 1.82) is 5.26 Å². The molecule has 7 aromatic carbocycles. The van der Waals surface area contributed by atoms with Gasteiger partial charge in [-0.3, -0.25) is 9.83 Å². The first kappa shape index (κ1) is 33.5. The zero-order valence-corrected chi connectivity index (χ0v) is 30.5. The molecule has 0 saturated carbocycles. The number of pyridine rings is 1. The molecule has 0 saturated heterocycles. The summed E-state index contributed by atoms with van der Waals surface area (Å²) in [5.74, 6) is 1.64. The van der Waals surface area contributed by atoms with Crippen molar-refractivity contribution in [1.82, 2.24) is 19.9 Å². The Morgan fingerprint density at radius 2 is 1.04 bits per heavy atom. The highest BCUT2D eigenvalue weighted by Gasteiger charge is 2.51. The molecular weight excluding hydrogens is 697 g/mol. The van der Waals surface area contributed by atoms with E-state index in [9.17, 15) is 5.26 Å². The average Bonchev–Trinajstić information content (AvgIpc) is 3.59. The van der Waals surface area contributed by atoms with Crippen molar-refractivity contribution in [2.24, 2.45) is 0 Å². The van der Waals surface area contributed by atoms with Gasteiger partial charge >= 0.3 is 5.54 Å². The summed E-state index contributed by atoms with van der Waals surface area (Å²) in [5, 5.41) is 12.8. The van der Waals surface area contributed by atoms with Gasteiger partial charge < -0.3 is 0 Å². The summed E-state index contributed by atoms with van der Waals surface area (Å²) in [5.41, 5.74) is 10.2. The van der Waals surface area contributed by atoms with Crippen LogP contribution in [-0.4, -0.2) is 19.9 Å². The van der Waals surface area contributed by atoms with E-state index in [1.807, 2.05) is 97.2 Å². The Hall–Kier alpha value is -8.06. The Balaban J connectivity index is 1.16. The number of aromatic nitrogens is 4. The molecule has 0 aliphatic heterocycles. The zero-order valence-electron chi connectivity index (χ0n) is 30.5. The summed E-state index contributed by atoms with van der Waals surface area (Å²) < 4.78 is 0. The lowest BCUT2D eigenvalue weighted by atomic mass is 9.87. The van der Waals surface area contributed by atoms with Crippen molar-refractivity contribution in [3.05, 3.63) is 205 Å². The van der Waals surface area contributed by atoms with Crippen molar-refractivity contribution < 1.29 is 0 Å². The third-order valence-electron chi connectivity index (χ3n) is 10.8. The lowest BCUT2D eigenvalue weighted by Gasteiger charge is -2.14. The van der Waals surface area contributed by atoms with E-state index in [2.05, 4.69) is 94.8 Å². The zero-order chi connectivity index (χ0) is 38.3. The topological polar surface area (TPSA) is 79.7 Å². The Morgan fingerprint density at radius 3 is 1.72 bits per heavy atom. The van der Waals surface area contributed by atoms with Crippen molar-refractivity contribution in [2.45, 2.75) is 5.54 Å². The summed E-state index contributed by atoms with van der Waals surface area (Å²) in [6.45, 7) is 8.40. The molecule has 0 bridgehead atoms. The molecule has 0 amide bonds. The van der Waals surface area contributed by atoms with Crippen LogP contribution in [-0.2, 0) is 5.54 Å². The summed E-state index contributed by atoms with van der Waals surface area (Å²) in [4.78, 5) is 23.7. The van der Waals surface area contributed by atoms with Crippen LogP contribution in [0.15, 0.2) is 182 Å². The highest BCUT2D eigenvalue weighted by atomic mass is 15.0. The highest BCUT2D eigenvalue weighted by Crippen LogP contribution is 2.53. The normalized spacial score (nSPS) is 14.0. The Bertz CT molecular complexity index is 3060. The maximum absolute atomic E-state index is 10.7. The van der Waals surface area contributed by atoms with Gasteiger partial charge in [0.05, 0.1) is 11.1 Å². The molecule has 0 spiro atoms. The molecule has 6 heteroatoms. The summed E-state index contributed by atoms with van der Waals surface area (Å²) in [6.07, 6.45) is 3.60. The van der Waals surface area contributed by atoms with E-state index in [-0.39, 0.29) is 0 Å². The van der Waals surface area contributed by atoms with Gasteiger partial charge in [0.2, 0.25) is 0 Å². The predicted molar refractivity (Wildman–Crippen MR) is 226 cm³/mol. The molecule has 0 radical (unpaired) electrons. The number of hydrogen-bond donors (Lipinski definition) is 0. The summed E-state index contributed by atoms with van der Waals surface area (Å²) in [6, 6.07) is 59.4. The highest BCUT2D eigenvalue weighted by molar-refractivity contribution is 6.04. The van der Waals surface area contributed by atoms with Gasteiger partial charge in [-0.25, -0.2) is 21.5 Å². The molecular formula is C51H30N6. The maximum atomic E-state index is 10.7. The van der Waals surface area contributed by atoms with Crippen LogP contribution in [0.1, 0.15) is 11.1 Å². The van der Waals surface area contributed by atoms with Gasteiger partial charge in [-0.2, -0.15) is 5.26 Å². The van der Waals surface area contributed by atoms with Crippen LogP contribution in [0.5, 0.6) is 0 Å². The van der Waals surface area contributed by atoms with Gasteiger partial charge in [0.15, 0.2) is 23.5 Å². The fourth-order valence-corrected chi connectivity index (χ4v) is 7.93. The molecule has 10 rings (SSSR count). The Kier molecular flexibility index (Phi) is 8.03. The number of benzene rings is 7. The first-order chi connectivity index (χ1) is 28.1. The molecule has 1 aliphatic carbocycles. The van der Waals surface area contributed by atoms with Crippen LogP contribution in [0, 0.1) is 17.9 Å². The monoisotopic (exact) mass is 726 g/mol. The van der Waals surface area contributed by atoms with E-state index < -0.39 is 5.54 Å². The smallest absolute Gasteiger partial charge is 0.283 e. The fourth-order valence-electron chi connectivity index (χ4n) is 7.93. The van der Waals surface area contributed by atoms with Crippen LogP contribution >= 0.6 is 0 Å². The second-order valence-electron chi connectivity index (χ2n) is 14.1. The second kappa shape index (κ2) is 13.7. The predicted octanol–water partition coefficient (Wildman–Crippen LogP) is 12.1. The third kappa shape index (κ3) is 5.72. The van der Waals surface area contributed by atoms with E-state index in [1.165, 1.54) is 0 Å². The molecule has 264 valence electrons. The molecule has 2 aromatic heterocycles. The minimum atomic E-state index is -1.47. The van der Waals surface area contributed by atoms with E-state index in [1.54, 1.807) is 6.20 Å². The number of nitriles is 1. The third-order valence-corrected chi connectivity index (χ3v) is 10.8. The Labute approximate surface area is 329 Å². The van der Waals surface area contributed by atoms with Crippen LogP contribution in [0.3, 0.4) is 0 Å². The average molecular weight is 727 g/mol. The standard InChI is InChI=1S/C51H30N6/c1-53-51(32-52)45-25-23-35-13-8-9-17-43(35)47(45)44-24-22-38(30-46(44)51)40-27-41(39-16-10-26-54-31-39)29-42(28-40)50-56-48(36-14-6-3-7-15-36)55-49(57-50)37-20-18-34(19-21-37)33-11-4-2-5-12-33/h2-31H. The number of fused-ring (bicyclic) bond motifs is 5. The van der Waals surface area contributed by atoms with Gasteiger partial charge in [-0.15, -0.1) is 0 Å². The van der Waals surface area contributed by atoms with Gasteiger partial charge in [-0.1, -0.05) is 133 Å². The fraction of sp³-hybridized carbons (Fsp3) is 0.0196. The molecule has 2 heterocycles. The van der Waals surface area contributed by atoms with E-state index in [0.717, 1.165) is 77.5 Å². The van der Waals surface area contributed by atoms with Crippen LogP contribution < -0.4 is 0 Å². The van der Waals surface area contributed by atoms with Crippen LogP contribution in [0.2, 0.25) is 0 Å². The van der Waals surface area contributed by atoms with Crippen molar-refractivity contribution in [3.63, 3.8) is 0 Å². The Morgan fingerprint density at radius 1 is 0.474 bits per heavy atom. The number of hydrogen-bond acceptors (Lipinski definition) is 5. The van der Waals surface area contributed by atoms with Gasteiger partial charge in [0.1, 0.15) is 0 Å². The molecule has 1 unspecified atom stereocenters. The SMILES string of the molecule is [C-]#[N+]C1(C#N)c2cc(-c3cc(-c4cccnc4)cc(-c4nc(-c5ccccc5)nc(-c5ccc(-c6ccccc6)cc5)n4)c3)ccc2-c2c1ccc1ccccc21. The number of nitrogens with zero attached hydrogens (tertiary/aromatic N) is 6. The largest absolute Gasteiger partial charge is 0.367 e. The first-order valence-electron chi connectivity index (χ1n) is 18.6. The molecule has 9 aromatic rings. The summed E-state index contributed by atoms with van der Waals surface area (Å²) in [7, 11) is 0. The quantitative estimate of drug-likeness (QED) is 0.159. The lowest BCUT2D eigenvalue weighted by Crippen LogP contribution is -2.17. The van der Waals surface area contributed by atoms with E-state index >= 15 is 0 Å². The van der Waals surface area contributed by atoms with Crippen LogP contribution in [0.25, 0.3) is 94.3 Å². The summed E-state index contributed by atoms with van der Waals surface area (Å²) >= 11 is 0. The van der Waals surface area contributed by atoms with E-state index in [4.69, 9.17) is 21.5 Å². The molecule has 6 nitrogen and oxygen atoms in total. The van der Waals surface area contributed by atoms with Gasteiger partial charge in [0.25, 0.3) is 0 Å². The van der Waals surface area contributed by atoms with Crippen molar-refractivity contribution in [2.75, 3.05) is 0 Å². The van der Waals surface area contributed by atoms with E-state index in [0.29, 0.717) is 23.0 Å². The minimum absolute atomic E-state index is 0.519. The molecule has 0 N–H and O–H groups in total. The van der Waals surface area contributed by atoms with Crippen LogP contribution in [0.4, 0.5) is 0 Å². The minimum Gasteiger partial charge on any atom is -0.283 e. The molecule has 0 fully saturated rings. The van der Waals surface area contributed by atoms with Gasteiger partial charge in [-0.05, 0) is 80.6 Å². The van der Waals surface area contributed by atoms with Crippen molar-refractivity contribution in [3.8, 4) is 84.7 Å². The molecule has 1 atom stereocenters. The second-order valence-corrected chi connectivity index (χ2v) is 14.1. The molecule has 1 aliphatic rings. The molecule has 57 heavy (non-hydrogen) atoms.